The lowest BCUT2D eigenvalue weighted by molar-refractivity contribution is -0.137. The summed E-state index contributed by atoms with van der Waals surface area (Å²) in [7, 11) is 1.85. The Morgan fingerprint density at radius 2 is 1.96 bits per heavy atom. The molecule has 1 fully saturated rings. The van der Waals surface area contributed by atoms with E-state index < -0.39 is 0 Å². The summed E-state index contributed by atoms with van der Waals surface area (Å²) >= 11 is 0. The van der Waals surface area contributed by atoms with Crippen molar-refractivity contribution in [2.24, 2.45) is 5.92 Å². The van der Waals surface area contributed by atoms with Crippen molar-refractivity contribution in [2.75, 3.05) is 7.05 Å². The van der Waals surface area contributed by atoms with Crippen molar-refractivity contribution in [3.63, 3.8) is 0 Å². The van der Waals surface area contributed by atoms with Crippen molar-refractivity contribution in [1.82, 2.24) is 14.5 Å². The van der Waals surface area contributed by atoms with Crippen LogP contribution in [-0.4, -0.2) is 27.4 Å². The van der Waals surface area contributed by atoms with Crippen LogP contribution in [0.3, 0.4) is 0 Å². The maximum absolute atomic E-state index is 13.0. The van der Waals surface area contributed by atoms with E-state index >= 15 is 0 Å². The third-order valence-electron chi connectivity index (χ3n) is 5.60. The van der Waals surface area contributed by atoms with Gasteiger partial charge in [0.15, 0.2) is 0 Å². The van der Waals surface area contributed by atoms with Gasteiger partial charge in [-0.1, -0.05) is 38.3 Å². The molecule has 0 bridgehead atoms. The van der Waals surface area contributed by atoms with Gasteiger partial charge in [0.2, 0.25) is 5.91 Å². The first-order chi connectivity index (χ1) is 12.5. The Balaban J connectivity index is 1.98. The molecule has 2 aromatic rings. The molecule has 1 atom stereocenters. The number of amides is 1. The Morgan fingerprint density at radius 1 is 1.27 bits per heavy atom. The van der Waals surface area contributed by atoms with Gasteiger partial charge in [-0.25, -0.2) is 4.98 Å². The van der Waals surface area contributed by atoms with Crippen molar-refractivity contribution in [1.29, 1.82) is 0 Å². The lowest BCUT2D eigenvalue weighted by atomic mass is 9.88. The first-order valence-electron chi connectivity index (χ1n) is 9.80. The number of rotatable bonds is 5. The van der Waals surface area contributed by atoms with Crippen molar-refractivity contribution < 1.29 is 4.79 Å². The van der Waals surface area contributed by atoms with Crippen LogP contribution in [0.4, 0.5) is 0 Å². The van der Waals surface area contributed by atoms with E-state index in [0.717, 1.165) is 32.1 Å². The van der Waals surface area contributed by atoms with Crippen molar-refractivity contribution >= 4 is 16.8 Å². The molecular formula is C21H29N3O2. The smallest absolute Gasteiger partial charge is 0.261 e. The zero-order chi connectivity index (χ0) is 18.7. The van der Waals surface area contributed by atoms with Crippen molar-refractivity contribution in [2.45, 2.75) is 65.0 Å². The predicted octanol–water partition coefficient (Wildman–Crippen LogP) is 3.91. The molecule has 1 aliphatic rings. The second-order valence-electron chi connectivity index (χ2n) is 7.40. The van der Waals surface area contributed by atoms with Crippen LogP contribution in [0.15, 0.2) is 29.1 Å². The summed E-state index contributed by atoms with van der Waals surface area (Å²) < 4.78 is 1.75. The molecule has 1 saturated carbocycles. The number of nitrogens with zero attached hydrogens (tertiary/aromatic N) is 3. The van der Waals surface area contributed by atoms with Crippen LogP contribution in [-0.2, 0) is 11.3 Å². The van der Waals surface area contributed by atoms with E-state index in [2.05, 4.69) is 0 Å². The minimum atomic E-state index is -0.228. The van der Waals surface area contributed by atoms with E-state index in [9.17, 15) is 9.59 Å². The first kappa shape index (κ1) is 18.6. The highest BCUT2D eigenvalue weighted by Gasteiger charge is 2.29. The number of carbonyl (C=O) groups excluding carboxylic acids is 1. The summed E-state index contributed by atoms with van der Waals surface area (Å²) in [6, 6.07) is 7.22. The van der Waals surface area contributed by atoms with Crippen LogP contribution in [0.5, 0.6) is 0 Å². The molecule has 0 saturated heterocycles. The van der Waals surface area contributed by atoms with Gasteiger partial charge in [0, 0.05) is 19.5 Å². The van der Waals surface area contributed by atoms with E-state index in [1.54, 1.807) is 9.47 Å². The van der Waals surface area contributed by atoms with Gasteiger partial charge in [-0.15, -0.1) is 0 Å². The Morgan fingerprint density at radius 3 is 2.65 bits per heavy atom. The minimum Gasteiger partial charge on any atom is -0.336 e. The number of hydrogen-bond donors (Lipinski definition) is 0. The fourth-order valence-electron chi connectivity index (χ4n) is 3.95. The standard InChI is InChI=1S/C21H29N3O2/c1-4-14-24-19(22-18-13-9-8-12-17(18)21(24)26)15(2)23(3)20(25)16-10-6-5-7-11-16/h8-9,12-13,15-16H,4-7,10-11,14H2,1-3H3. The molecule has 5 heteroatoms. The Labute approximate surface area is 155 Å². The Kier molecular flexibility index (Phi) is 5.74. The maximum atomic E-state index is 13.0. The highest BCUT2D eigenvalue weighted by Crippen LogP contribution is 2.28. The fraction of sp³-hybridized carbons (Fsp3) is 0.571. The number of fused-ring (bicyclic) bond motifs is 1. The average molecular weight is 355 g/mol. The normalized spacial score (nSPS) is 16.6. The van der Waals surface area contributed by atoms with Crippen LogP contribution in [0.2, 0.25) is 0 Å². The molecular weight excluding hydrogens is 326 g/mol. The molecule has 3 rings (SSSR count). The lowest BCUT2D eigenvalue weighted by Gasteiger charge is -2.31. The molecule has 0 aliphatic heterocycles. The van der Waals surface area contributed by atoms with E-state index in [4.69, 9.17) is 4.98 Å². The van der Waals surface area contributed by atoms with Gasteiger partial charge in [0.25, 0.3) is 5.56 Å². The van der Waals surface area contributed by atoms with Crippen LogP contribution in [0.25, 0.3) is 10.9 Å². The Hall–Kier alpha value is -2.17. The van der Waals surface area contributed by atoms with Crippen LogP contribution >= 0.6 is 0 Å². The van der Waals surface area contributed by atoms with Gasteiger partial charge < -0.3 is 4.90 Å². The van der Waals surface area contributed by atoms with Gasteiger partial charge in [-0.2, -0.15) is 0 Å². The van der Waals surface area contributed by atoms with Crippen LogP contribution in [0, 0.1) is 5.92 Å². The fourth-order valence-corrected chi connectivity index (χ4v) is 3.95. The molecule has 1 heterocycles. The summed E-state index contributed by atoms with van der Waals surface area (Å²) in [6.45, 7) is 4.64. The second-order valence-corrected chi connectivity index (χ2v) is 7.40. The third-order valence-corrected chi connectivity index (χ3v) is 5.60. The summed E-state index contributed by atoms with van der Waals surface area (Å²) in [5.41, 5.74) is 0.683. The van der Waals surface area contributed by atoms with E-state index in [1.807, 2.05) is 45.2 Å². The van der Waals surface area contributed by atoms with Gasteiger partial charge in [0.1, 0.15) is 5.82 Å². The summed E-state index contributed by atoms with van der Waals surface area (Å²) in [5.74, 6) is 0.980. The molecule has 140 valence electrons. The monoisotopic (exact) mass is 355 g/mol. The lowest BCUT2D eigenvalue weighted by Crippen LogP contribution is -2.39. The number of hydrogen-bond acceptors (Lipinski definition) is 3. The molecule has 1 unspecified atom stereocenters. The highest BCUT2D eigenvalue weighted by molar-refractivity contribution is 5.79. The number of benzene rings is 1. The average Bonchev–Trinajstić information content (AvgIpc) is 2.69. The summed E-state index contributed by atoms with van der Waals surface area (Å²) in [6.07, 6.45) is 6.29. The van der Waals surface area contributed by atoms with Crippen LogP contribution in [0.1, 0.15) is 64.2 Å². The van der Waals surface area contributed by atoms with Crippen molar-refractivity contribution in [3.05, 3.63) is 40.4 Å². The summed E-state index contributed by atoms with van der Waals surface area (Å²) in [5, 5.41) is 0.637. The zero-order valence-corrected chi connectivity index (χ0v) is 16.1. The van der Waals surface area contributed by atoms with E-state index in [1.165, 1.54) is 6.42 Å². The maximum Gasteiger partial charge on any atom is 0.261 e. The quantitative estimate of drug-likeness (QED) is 0.817. The number of aromatic nitrogens is 2. The van der Waals surface area contributed by atoms with Gasteiger partial charge in [-0.3, -0.25) is 14.2 Å². The van der Waals surface area contributed by atoms with E-state index in [-0.39, 0.29) is 23.4 Å². The molecule has 26 heavy (non-hydrogen) atoms. The highest BCUT2D eigenvalue weighted by atomic mass is 16.2. The van der Waals surface area contributed by atoms with Crippen LogP contribution < -0.4 is 5.56 Å². The third kappa shape index (κ3) is 3.53. The molecule has 0 N–H and O–H groups in total. The zero-order valence-electron chi connectivity index (χ0n) is 16.1. The number of para-hydroxylation sites is 1. The largest absolute Gasteiger partial charge is 0.336 e. The molecule has 1 aromatic carbocycles. The topological polar surface area (TPSA) is 55.2 Å². The van der Waals surface area contributed by atoms with Gasteiger partial charge in [0.05, 0.1) is 16.9 Å². The second kappa shape index (κ2) is 8.02. The molecule has 1 aromatic heterocycles. The van der Waals surface area contributed by atoms with Crippen molar-refractivity contribution in [3.8, 4) is 0 Å². The van der Waals surface area contributed by atoms with Gasteiger partial charge in [-0.05, 0) is 38.3 Å². The molecule has 0 spiro atoms. The molecule has 1 amide bonds. The molecule has 0 radical (unpaired) electrons. The summed E-state index contributed by atoms with van der Waals surface area (Å²) in [4.78, 5) is 32.5. The molecule has 5 nitrogen and oxygen atoms in total. The predicted molar refractivity (Wildman–Crippen MR) is 104 cm³/mol. The van der Waals surface area contributed by atoms with Gasteiger partial charge >= 0.3 is 0 Å². The minimum absolute atomic E-state index is 0.0159. The molecule has 1 aliphatic carbocycles. The SMILES string of the molecule is CCCn1c(C(C)N(C)C(=O)C2CCCCC2)nc2ccccc2c1=O. The number of carbonyl (C=O) groups is 1. The Bertz CT molecular complexity index is 837. The van der Waals surface area contributed by atoms with E-state index in [0.29, 0.717) is 23.3 Å². The first-order valence-corrected chi connectivity index (χ1v) is 9.80.